The van der Waals surface area contributed by atoms with Gasteiger partial charge in [0.15, 0.2) is 0 Å². The number of primary sulfonamides is 1. The Morgan fingerprint density at radius 3 is 2.79 bits per heavy atom. The van der Waals surface area contributed by atoms with E-state index in [0.29, 0.717) is 12.6 Å². The number of nitrogens with one attached hydrogen (secondary N) is 1. The average molecular weight is 283 g/mol. The standard InChI is InChI=1S/C13H21N3O2S/c14-11-4-2-5-12(8-11)16-9-10-3-1-6-13(7-10)19(15,17)18/h1,3,6-7,11-12,16H,2,4-5,8-9,14H2,(H2,15,17,18). The van der Waals surface area contributed by atoms with Crippen molar-refractivity contribution in [2.24, 2.45) is 10.9 Å². The second-order valence-corrected chi connectivity index (χ2v) is 6.76. The van der Waals surface area contributed by atoms with Crippen LogP contribution < -0.4 is 16.2 Å². The Hall–Kier alpha value is -0.950. The lowest BCUT2D eigenvalue weighted by Crippen LogP contribution is -2.39. The minimum Gasteiger partial charge on any atom is -0.328 e. The first-order chi connectivity index (χ1) is 8.95. The smallest absolute Gasteiger partial charge is 0.238 e. The zero-order valence-corrected chi connectivity index (χ0v) is 11.7. The second kappa shape index (κ2) is 6.00. The van der Waals surface area contributed by atoms with Crippen molar-refractivity contribution in [1.29, 1.82) is 0 Å². The lowest BCUT2D eigenvalue weighted by Gasteiger charge is -2.27. The Kier molecular flexibility index (Phi) is 4.57. The highest BCUT2D eigenvalue weighted by atomic mass is 32.2. The average Bonchev–Trinajstić information content (AvgIpc) is 2.36. The van der Waals surface area contributed by atoms with Crippen molar-refractivity contribution in [3.8, 4) is 0 Å². The van der Waals surface area contributed by atoms with Gasteiger partial charge in [-0.1, -0.05) is 18.6 Å². The number of hydrogen-bond acceptors (Lipinski definition) is 4. The van der Waals surface area contributed by atoms with Crippen LogP contribution in [-0.2, 0) is 16.6 Å². The number of hydrogen-bond donors (Lipinski definition) is 3. The largest absolute Gasteiger partial charge is 0.328 e. The highest BCUT2D eigenvalue weighted by molar-refractivity contribution is 7.89. The molecule has 0 bridgehead atoms. The maximum atomic E-state index is 11.3. The minimum atomic E-state index is -3.63. The molecule has 0 spiro atoms. The van der Waals surface area contributed by atoms with E-state index in [2.05, 4.69) is 5.32 Å². The predicted octanol–water partition coefficient (Wildman–Crippen LogP) is 0.693. The van der Waals surface area contributed by atoms with E-state index in [1.807, 2.05) is 6.07 Å². The molecule has 0 radical (unpaired) electrons. The molecule has 0 heterocycles. The first-order valence-electron chi connectivity index (χ1n) is 6.56. The van der Waals surface area contributed by atoms with Gasteiger partial charge in [-0.3, -0.25) is 0 Å². The maximum absolute atomic E-state index is 11.3. The summed E-state index contributed by atoms with van der Waals surface area (Å²) >= 11 is 0. The monoisotopic (exact) mass is 283 g/mol. The van der Waals surface area contributed by atoms with Gasteiger partial charge < -0.3 is 11.1 Å². The Bertz CT molecular complexity index is 530. The third kappa shape index (κ3) is 4.28. The molecule has 0 amide bonds. The van der Waals surface area contributed by atoms with E-state index in [4.69, 9.17) is 10.9 Å². The number of nitrogens with two attached hydrogens (primary N) is 2. The number of sulfonamides is 1. The molecule has 0 aliphatic heterocycles. The van der Waals surface area contributed by atoms with Crippen molar-refractivity contribution in [3.05, 3.63) is 29.8 Å². The van der Waals surface area contributed by atoms with Crippen molar-refractivity contribution in [2.45, 2.75) is 49.2 Å². The molecular formula is C13H21N3O2S. The molecule has 2 rings (SSSR count). The summed E-state index contributed by atoms with van der Waals surface area (Å²) in [5, 5.41) is 8.55. The maximum Gasteiger partial charge on any atom is 0.238 e. The molecule has 0 saturated heterocycles. The molecule has 2 atom stereocenters. The molecule has 1 aliphatic rings. The third-order valence-corrected chi connectivity index (χ3v) is 4.45. The van der Waals surface area contributed by atoms with Gasteiger partial charge in [0.2, 0.25) is 10.0 Å². The van der Waals surface area contributed by atoms with Gasteiger partial charge in [-0.25, -0.2) is 13.6 Å². The van der Waals surface area contributed by atoms with Gasteiger partial charge in [0.05, 0.1) is 4.90 Å². The van der Waals surface area contributed by atoms with E-state index in [9.17, 15) is 8.42 Å². The highest BCUT2D eigenvalue weighted by Gasteiger charge is 2.18. The van der Waals surface area contributed by atoms with E-state index in [1.165, 1.54) is 6.07 Å². The summed E-state index contributed by atoms with van der Waals surface area (Å²) in [4.78, 5) is 0.159. The van der Waals surface area contributed by atoms with Crippen LogP contribution in [0.3, 0.4) is 0 Å². The normalized spacial score (nSPS) is 24.3. The van der Waals surface area contributed by atoms with E-state index >= 15 is 0 Å². The molecule has 5 nitrogen and oxygen atoms in total. The topological polar surface area (TPSA) is 98.2 Å². The number of rotatable bonds is 4. The second-order valence-electron chi connectivity index (χ2n) is 5.20. The Balaban J connectivity index is 1.96. The molecule has 19 heavy (non-hydrogen) atoms. The van der Waals surface area contributed by atoms with Crippen molar-refractivity contribution in [2.75, 3.05) is 0 Å². The summed E-state index contributed by atoms with van der Waals surface area (Å²) in [6.07, 6.45) is 4.35. The fourth-order valence-corrected chi connectivity index (χ4v) is 3.09. The zero-order chi connectivity index (χ0) is 13.9. The van der Waals surface area contributed by atoms with Gasteiger partial charge in [-0.05, 0) is 37.0 Å². The summed E-state index contributed by atoms with van der Waals surface area (Å²) in [5.74, 6) is 0. The van der Waals surface area contributed by atoms with Gasteiger partial charge in [-0.15, -0.1) is 0 Å². The van der Waals surface area contributed by atoms with E-state index < -0.39 is 10.0 Å². The van der Waals surface area contributed by atoms with Crippen molar-refractivity contribution < 1.29 is 8.42 Å². The van der Waals surface area contributed by atoms with Crippen LogP contribution in [0.25, 0.3) is 0 Å². The Morgan fingerprint density at radius 1 is 1.32 bits per heavy atom. The van der Waals surface area contributed by atoms with Crippen molar-refractivity contribution >= 4 is 10.0 Å². The Morgan fingerprint density at radius 2 is 2.11 bits per heavy atom. The first kappa shape index (κ1) is 14.5. The molecular weight excluding hydrogens is 262 g/mol. The van der Waals surface area contributed by atoms with Crippen LogP contribution in [-0.4, -0.2) is 20.5 Å². The van der Waals surface area contributed by atoms with E-state index in [-0.39, 0.29) is 10.9 Å². The molecule has 2 unspecified atom stereocenters. The van der Waals surface area contributed by atoms with Gasteiger partial charge in [0, 0.05) is 18.6 Å². The lowest BCUT2D eigenvalue weighted by molar-refractivity contribution is 0.338. The molecule has 1 aliphatic carbocycles. The fraction of sp³-hybridized carbons (Fsp3) is 0.538. The summed E-state index contributed by atoms with van der Waals surface area (Å²) in [7, 11) is -3.63. The van der Waals surface area contributed by atoms with Crippen LogP contribution in [0.1, 0.15) is 31.2 Å². The number of benzene rings is 1. The summed E-state index contributed by atoms with van der Waals surface area (Å²) in [5.41, 5.74) is 6.86. The molecule has 1 aromatic carbocycles. The molecule has 1 aromatic rings. The summed E-state index contributed by atoms with van der Waals surface area (Å²) in [6, 6.07) is 7.43. The molecule has 1 saturated carbocycles. The van der Waals surface area contributed by atoms with E-state index in [1.54, 1.807) is 12.1 Å². The SMILES string of the molecule is NC1CCCC(NCc2cccc(S(N)(=O)=O)c2)C1. The third-order valence-electron chi connectivity index (χ3n) is 3.54. The van der Waals surface area contributed by atoms with Crippen LogP contribution in [0.15, 0.2) is 29.2 Å². The molecule has 0 aromatic heterocycles. The highest BCUT2D eigenvalue weighted by Crippen LogP contribution is 2.17. The minimum absolute atomic E-state index is 0.159. The summed E-state index contributed by atoms with van der Waals surface area (Å²) < 4.78 is 22.5. The van der Waals surface area contributed by atoms with Crippen molar-refractivity contribution in [3.63, 3.8) is 0 Å². The predicted molar refractivity (Wildman–Crippen MR) is 74.9 cm³/mol. The van der Waals surface area contributed by atoms with Crippen LogP contribution >= 0.6 is 0 Å². The Labute approximate surface area is 114 Å². The lowest BCUT2D eigenvalue weighted by atomic mass is 9.91. The first-order valence-corrected chi connectivity index (χ1v) is 8.10. The van der Waals surface area contributed by atoms with Crippen LogP contribution in [0, 0.1) is 0 Å². The van der Waals surface area contributed by atoms with E-state index in [0.717, 1.165) is 31.2 Å². The van der Waals surface area contributed by atoms with Gasteiger partial charge >= 0.3 is 0 Å². The van der Waals surface area contributed by atoms with Gasteiger partial charge in [0.25, 0.3) is 0 Å². The summed E-state index contributed by atoms with van der Waals surface area (Å²) in [6.45, 7) is 0.640. The molecule has 6 heteroatoms. The van der Waals surface area contributed by atoms with Crippen LogP contribution in [0.2, 0.25) is 0 Å². The van der Waals surface area contributed by atoms with Crippen LogP contribution in [0.4, 0.5) is 0 Å². The molecule has 106 valence electrons. The fourth-order valence-electron chi connectivity index (χ4n) is 2.51. The quantitative estimate of drug-likeness (QED) is 0.757. The van der Waals surface area contributed by atoms with Crippen LogP contribution in [0.5, 0.6) is 0 Å². The zero-order valence-electron chi connectivity index (χ0n) is 10.9. The molecule has 1 fully saturated rings. The van der Waals surface area contributed by atoms with Crippen molar-refractivity contribution in [1.82, 2.24) is 5.32 Å². The van der Waals surface area contributed by atoms with Gasteiger partial charge in [-0.2, -0.15) is 0 Å². The molecule has 5 N–H and O–H groups in total. The van der Waals surface area contributed by atoms with Gasteiger partial charge in [0.1, 0.15) is 0 Å².